The molecule has 1 fully saturated rings. The fraction of sp³-hybridized carbons (Fsp3) is 1.00. The van der Waals surface area contributed by atoms with E-state index < -0.39 is 0 Å². The van der Waals surface area contributed by atoms with Crippen LogP contribution in [0.3, 0.4) is 0 Å². The molecule has 0 heterocycles. The molecule has 0 aromatic heterocycles. The number of rotatable bonds is 5. The minimum Gasteiger partial charge on any atom is -0.381 e. The van der Waals surface area contributed by atoms with E-state index in [2.05, 4.69) is 27.7 Å². The molecule has 1 aliphatic rings. The second-order valence-electron chi connectivity index (χ2n) is 6.71. The van der Waals surface area contributed by atoms with E-state index in [0.717, 1.165) is 32.1 Å². The average Bonchev–Trinajstić information content (AvgIpc) is 2.28. The van der Waals surface area contributed by atoms with E-state index in [1.165, 1.54) is 19.3 Å². The minimum absolute atomic E-state index is 0.433. The third-order valence-electron chi connectivity index (χ3n) is 4.35. The molecule has 102 valence electrons. The first kappa shape index (κ1) is 15.0. The molecule has 0 aliphatic heterocycles. The van der Waals surface area contributed by atoms with E-state index >= 15 is 0 Å². The van der Waals surface area contributed by atoms with Crippen LogP contribution in [0.4, 0.5) is 0 Å². The van der Waals surface area contributed by atoms with Gasteiger partial charge < -0.3 is 10.5 Å². The Labute approximate surface area is 107 Å². The van der Waals surface area contributed by atoms with Crippen molar-refractivity contribution in [2.75, 3.05) is 19.8 Å². The Kier molecular flexibility index (Phi) is 5.94. The third kappa shape index (κ3) is 4.59. The van der Waals surface area contributed by atoms with Crippen LogP contribution in [0.5, 0.6) is 0 Å². The zero-order valence-electron chi connectivity index (χ0n) is 12.2. The van der Waals surface area contributed by atoms with Crippen molar-refractivity contribution in [1.82, 2.24) is 0 Å². The maximum absolute atomic E-state index is 5.90. The summed E-state index contributed by atoms with van der Waals surface area (Å²) in [6, 6.07) is 0. The third-order valence-corrected chi connectivity index (χ3v) is 4.35. The van der Waals surface area contributed by atoms with Gasteiger partial charge in [0.1, 0.15) is 0 Å². The Morgan fingerprint density at radius 1 is 1.18 bits per heavy atom. The molecule has 0 amide bonds. The molecule has 0 aromatic rings. The summed E-state index contributed by atoms with van der Waals surface area (Å²) in [6.45, 7) is 11.9. The van der Waals surface area contributed by atoms with Crippen LogP contribution in [0, 0.1) is 23.2 Å². The van der Waals surface area contributed by atoms with Gasteiger partial charge in [0.25, 0.3) is 0 Å². The summed E-state index contributed by atoms with van der Waals surface area (Å²) in [6.07, 6.45) is 5.05. The van der Waals surface area contributed by atoms with Gasteiger partial charge in [-0.05, 0) is 55.4 Å². The molecule has 1 aliphatic carbocycles. The lowest BCUT2D eigenvalue weighted by Crippen LogP contribution is -2.37. The monoisotopic (exact) mass is 241 g/mol. The first-order valence-electron chi connectivity index (χ1n) is 7.26. The number of hydrogen-bond donors (Lipinski definition) is 1. The van der Waals surface area contributed by atoms with Gasteiger partial charge in [-0.3, -0.25) is 0 Å². The normalized spacial score (nSPS) is 30.5. The van der Waals surface area contributed by atoms with Crippen LogP contribution in [0.1, 0.15) is 53.4 Å². The molecule has 1 rings (SSSR count). The van der Waals surface area contributed by atoms with Crippen LogP contribution >= 0.6 is 0 Å². The molecule has 2 heteroatoms. The predicted molar refractivity (Wildman–Crippen MR) is 73.9 cm³/mol. The second kappa shape index (κ2) is 6.75. The molecule has 2 N–H and O–H groups in total. The van der Waals surface area contributed by atoms with Crippen LogP contribution in [-0.4, -0.2) is 19.8 Å². The first-order chi connectivity index (χ1) is 7.99. The highest BCUT2D eigenvalue weighted by Crippen LogP contribution is 2.42. The lowest BCUT2D eigenvalue weighted by atomic mass is 9.66. The molecule has 0 radical (unpaired) electrons. The van der Waals surface area contributed by atoms with Gasteiger partial charge in [0, 0.05) is 13.2 Å². The van der Waals surface area contributed by atoms with Gasteiger partial charge in [0.05, 0.1) is 0 Å². The van der Waals surface area contributed by atoms with Gasteiger partial charge in [0.2, 0.25) is 0 Å². The fourth-order valence-electron chi connectivity index (χ4n) is 3.01. The van der Waals surface area contributed by atoms with Crippen molar-refractivity contribution >= 4 is 0 Å². The maximum atomic E-state index is 5.90. The molecule has 0 bridgehead atoms. The summed E-state index contributed by atoms with van der Waals surface area (Å²) >= 11 is 0. The Balaban J connectivity index is 2.49. The van der Waals surface area contributed by atoms with Crippen molar-refractivity contribution in [2.24, 2.45) is 28.9 Å². The summed E-state index contributed by atoms with van der Waals surface area (Å²) < 4.78 is 5.76. The van der Waals surface area contributed by atoms with E-state index in [1.54, 1.807) is 0 Å². The van der Waals surface area contributed by atoms with Gasteiger partial charge in [0.15, 0.2) is 0 Å². The maximum Gasteiger partial charge on any atom is 0.0497 e. The highest BCUT2D eigenvalue weighted by molar-refractivity contribution is 4.86. The quantitative estimate of drug-likeness (QED) is 0.748. The summed E-state index contributed by atoms with van der Waals surface area (Å²) in [5.41, 5.74) is 6.33. The average molecular weight is 241 g/mol. The summed E-state index contributed by atoms with van der Waals surface area (Å²) in [7, 11) is 0. The van der Waals surface area contributed by atoms with Gasteiger partial charge in [-0.25, -0.2) is 0 Å². The number of hydrogen-bond acceptors (Lipinski definition) is 2. The van der Waals surface area contributed by atoms with Crippen LogP contribution in [0.2, 0.25) is 0 Å². The largest absolute Gasteiger partial charge is 0.381 e. The molecule has 17 heavy (non-hydrogen) atoms. The molecular formula is C15H31NO. The lowest BCUT2D eigenvalue weighted by molar-refractivity contribution is 0.0252. The fourth-order valence-corrected chi connectivity index (χ4v) is 3.01. The van der Waals surface area contributed by atoms with E-state index in [-0.39, 0.29) is 0 Å². The predicted octanol–water partition coefficient (Wildman–Crippen LogP) is 3.45. The van der Waals surface area contributed by atoms with E-state index in [9.17, 15) is 0 Å². The molecule has 3 unspecified atom stereocenters. The molecular weight excluding hydrogens is 210 g/mol. The van der Waals surface area contributed by atoms with E-state index in [4.69, 9.17) is 10.5 Å². The summed E-state index contributed by atoms with van der Waals surface area (Å²) in [4.78, 5) is 0. The number of nitrogens with two attached hydrogens (primary N) is 1. The molecule has 2 nitrogen and oxygen atoms in total. The van der Waals surface area contributed by atoms with Crippen molar-refractivity contribution in [2.45, 2.75) is 53.4 Å². The van der Waals surface area contributed by atoms with Crippen LogP contribution in [0.25, 0.3) is 0 Å². The van der Waals surface area contributed by atoms with E-state index in [1.807, 2.05) is 0 Å². The molecule has 0 aromatic carbocycles. The lowest BCUT2D eigenvalue weighted by Gasteiger charge is -2.41. The van der Waals surface area contributed by atoms with Crippen molar-refractivity contribution in [1.29, 1.82) is 0 Å². The second-order valence-corrected chi connectivity index (χ2v) is 6.71. The first-order valence-corrected chi connectivity index (χ1v) is 7.26. The minimum atomic E-state index is 0.433. The Hall–Kier alpha value is -0.0800. The van der Waals surface area contributed by atoms with Crippen molar-refractivity contribution in [3.05, 3.63) is 0 Å². The zero-order valence-corrected chi connectivity index (χ0v) is 12.2. The summed E-state index contributed by atoms with van der Waals surface area (Å²) in [5.74, 6) is 2.20. The number of ether oxygens (including phenoxy) is 1. The van der Waals surface area contributed by atoms with Gasteiger partial charge in [-0.15, -0.1) is 0 Å². The highest BCUT2D eigenvalue weighted by atomic mass is 16.5. The Bertz CT molecular complexity index is 209. The van der Waals surface area contributed by atoms with Gasteiger partial charge >= 0.3 is 0 Å². The smallest absolute Gasteiger partial charge is 0.0497 e. The van der Waals surface area contributed by atoms with Gasteiger partial charge in [-0.2, -0.15) is 0 Å². The van der Waals surface area contributed by atoms with Crippen LogP contribution in [0.15, 0.2) is 0 Å². The highest BCUT2D eigenvalue weighted by Gasteiger charge is 2.35. The van der Waals surface area contributed by atoms with Crippen LogP contribution < -0.4 is 5.73 Å². The van der Waals surface area contributed by atoms with Crippen molar-refractivity contribution in [3.8, 4) is 0 Å². The topological polar surface area (TPSA) is 35.2 Å². The standard InChI is InChI=1S/C15H31NO/c1-5-8-17-11-13-9-14(15(2,3)4)7-6-12(13)10-16/h12-14H,5-11,16H2,1-4H3. The van der Waals surface area contributed by atoms with Gasteiger partial charge in [-0.1, -0.05) is 27.7 Å². The molecule has 0 saturated heterocycles. The zero-order chi connectivity index (χ0) is 12.9. The SMILES string of the molecule is CCCOCC1CC(C(C)(C)C)CCC1CN. The summed E-state index contributed by atoms with van der Waals surface area (Å²) in [5, 5.41) is 0. The van der Waals surface area contributed by atoms with Crippen molar-refractivity contribution in [3.63, 3.8) is 0 Å². The Morgan fingerprint density at radius 3 is 2.41 bits per heavy atom. The van der Waals surface area contributed by atoms with Crippen molar-refractivity contribution < 1.29 is 4.74 Å². The van der Waals surface area contributed by atoms with E-state index in [0.29, 0.717) is 17.3 Å². The molecule has 3 atom stereocenters. The Morgan fingerprint density at radius 2 is 1.88 bits per heavy atom. The molecule has 0 spiro atoms. The molecule has 1 saturated carbocycles. The van der Waals surface area contributed by atoms with Crippen LogP contribution in [-0.2, 0) is 4.74 Å².